The quantitative estimate of drug-likeness (QED) is 0.664. The summed E-state index contributed by atoms with van der Waals surface area (Å²) in [7, 11) is 1.60. The molecular formula is C17H28N2O5. The molecular weight excluding hydrogens is 312 g/mol. The summed E-state index contributed by atoms with van der Waals surface area (Å²) < 4.78 is 10.1. The van der Waals surface area contributed by atoms with E-state index in [9.17, 15) is 14.4 Å². The molecule has 0 bridgehead atoms. The minimum absolute atomic E-state index is 0.0132. The molecule has 0 saturated carbocycles. The van der Waals surface area contributed by atoms with Crippen molar-refractivity contribution >= 4 is 17.8 Å². The smallest absolute Gasteiger partial charge is 0.309 e. The number of amides is 2. The highest BCUT2D eigenvalue weighted by atomic mass is 16.5. The molecule has 2 rings (SSSR count). The van der Waals surface area contributed by atoms with E-state index in [-0.39, 0.29) is 42.1 Å². The summed E-state index contributed by atoms with van der Waals surface area (Å²) in [6.45, 7) is 6.15. The Morgan fingerprint density at radius 1 is 1.25 bits per heavy atom. The van der Waals surface area contributed by atoms with E-state index in [0.29, 0.717) is 45.7 Å². The van der Waals surface area contributed by atoms with Crippen LogP contribution in [0.2, 0.25) is 0 Å². The molecule has 2 aliphatic rings. The van der Waals surface area contributed by atoms with Crippen LogP contribution in [-0.2, 0) is 23.9 Å². The van der Waals surface area contributed by atoms with Gasteiger partial charge in [0, 0.05) is 33.2 Å². The van der Waals surface area contributed by atoms with Crippen LogP contribution >= 0.6 is 0 Å². The molecule has 0 radical (unpaired) electrons. The molecule has 136 valence electrons. The lowest BCUT2D eigenvalue weighted by atomic mass is 9.95. The van der Waals surface area contributed by atoms with Crippen molar-refractivity contribution in [3.05, 3.63) is 0 Å². The number of ether oxygens (including phenoxy) is 2. The lowest BCUT2D eigenvalue weighted by molar-refractivity contribution is -0.151. The molecule has 0 aromatic carbocycles. The van der Waals surface area contributed by atoms with Crippen molar-refractivity contribution in [2.75, 3.05) is 40.0 Å². The Morgan fingerprint density at radius 2 is 1.92 bits per heavy atom. The Morgan fingerprint density at radius 3 is 2.50 bits per heavy atom. The summed E-state index contributed by atoms with van der Waals surface area (Å²) in [4.78, 5) is 40.1. The van der Waals surface area contributed by atoms with Crippen LogP contribution in [0.15, 0.2) is 0 Å². The molecule has 0 unspecified atom stereocenters. The molecule has 24 heavy (non-hydrogen) atoms. The van der Waals surface area contributed by atoms with Crippen LogP contribution in [-0.4, -0.2) is 73.6 Å². The Labute approximate surface area is 143 Å². The van der Waals surface area contributed by atoms with Crippen molar-refractivity contribution in [3.8, 4) is 0 Å². The second kappa shape index (κ2) is 8.46. The largest absolute Gasteiger partial charge is 0.466 e. The van der Waals surface area contributed by atoms with E-state index in [2.05, 4.69) is 0 Å². The van der Waals surface area contributed by atoms with Crippen LogP contribution in [0.25, 0.3) is 0 Å². The molecule has 2 heterocycles. The number of hydrogen-bond donors (Lipinski definition) is 0. The maximum Gasteiger partial charge on any atom is 0.309 e. The predicted octanol–water partition coefficient (Wildman–Crippen LogP) is 0.672. The molecule has 0 aromatic rings. The number of esters is 1. The van der Waals surface area contributed by atoms with E-state index in [1.54, 1.807) is 23.8 Å². The second-order valence-electron chi connectivity index (χ2n) is 6.60. The highest BCUT2D eigenvalue weighted by Gasteiger charge is 2.39. The summed E-state index contributed by atoms with van der Waals surface area (Å²) in [5.74, 6) is -0.523. The molecule has 0 spiro atoms. The van der Waals surface area contributed by atoms with Crippen LogP contribution in [0.3, 0.4) is 0 Å². The second-order valence-corrected chi connectivity index (χ2v) is 6.60. The van der Waals surface area contributed by atoms with Crippen molar-refractivity contribution in [1.82, 2.24) is 9.80 Å². The first-order chi connectivity index (χ1) is 11.5. The van der Waals surface area contributed by atoms with Gasteiger partial charge >= 0.3 is 5.97 Å². The Bertz CT molecular complexity index is 474. The standard InChI is InChI=1S/C17H28N2O5/c1-4-24-17(22)13-5-7-18(8-6-13)16(21)14-9-15(20)19(10-14)12(2)11-23-3/h12-14H,4-11H2,1-3H3/t12-,14+/m1/s1. The Hall–Kier alpha value is -1.63. The summed E-state index contributed by atoms with van der Waals surface area (Å²) in [6.07, 6.45) is 1.54. The summed E-state index contributed by atoms with van der Waals surface area (Å²) in [6, 6.07) is -0.0187. The molecule has 2 aliphatic heterocycles. The molecule has 7 heteroatoms. The monoisotopic (exact) mass is 340 g/mol. The van der Waals surface area contributed by atoms with Gasteiger partial charge in [-0.25, -0.2) is 0 Å². The normalized spacial score (nSPS) is 23.5. The lowest BCUT2D eigenvalue weighted by Crippen LogP contribution is -2.44. The Balaban J connectivity index is 1.85. The molecule has 0 N–H and O–H groups in total. The maximum atomic E-state index is 12.7. The first-order valence-corrected chi connectivity index (χ1v) is 8.71. The fourth-order valence-corrected chi connectivity index (χ4v) is 3.51. The van der Waals surface area contributed by atoms with Crippen molar-refractivity contribution in [2.45, 2.75) is 39.2 Å². The molecule has 2 fully saturated rings. The number of rotatable bonds is 6. The minimum Gasteiger partial charge on any atom is -0.466 e. The van der Waals surface area contributed by atoms with Gasteiger partial charge in [-0.1, -0.05) is 0 Å². The van der Waals surface area contributed by atoms with Crippen LogP contribution in [0.1, 0.15) is 33.1 Å². The summed E-state index contributed by atoms with van der Waals surface area (Å²) >= 11 is 0. The number of carbonyl (C=O) groups excluding carboxylic acids is 3. The first kappa shape index (κ1) is 18.7. The van der Waals surface area contributed by atoms with Gasteiger partial charge in [-0.3, -0.25) is 14.4 Å². The minimum atomic E-state index is -0.282. The van der Waals surface area contributed by atoms with Crippen molar-refractivity contribution in [1.29, 1.82) is 0 Å². The van der Waals surface area contributed by atoms with Crippen LogP contribution < -0.4 is 0 Å². The fourth-order valence-electron chi connectivity index (χ4n) is 3.51. The first-order valence-electron chi connectivity index (χ1n) is 8.71. The molecule has 0 aliphatic carbocycles. The fraction of sp³-hybridized carbons (Fsp3) is 0.824. The number of piperidine rings is 1. The van der Waals surface area contributed by atoms with Gasteiger partial charge in [0.2, 0.25) is 11.8 Å². The van der Waals surface area contributed by atoms with E-state index < -0.39 is 0 Å². The van der Waals surface area contributed by atoms with Crippen molar-refractivity contribution in [2.24, 2.45) is 11.8 Å². The van der Waals surface area contributed by atoms with E-state index in [4.69, 9.17) is 9.47 Å². The number of hydrogen-bond acceptors (Lipinski definition) is 5. The number of methoxy groups -OCH3 is 1. The predicted molar refractivity (Wildman–Crippen MR) is 87.1 cm³/mol. The van der Waals surface area contributed by atoms with E-state index in [0.717, 1.165) is 0 Å². The Kier molecular flexibility index (Phi) is 6.60. The summed E-state index contributed by atoms with van der Waals surface area (Å²) in [5.41, 5.74) is 0. The van der Waals surface area contributed by atoms with Gasteiger partial charge in [0.1, 0.15) is 0 Å². The third-order valence-electron chi connectivity index (χ3n) is 4.87. The van der Waals surface area contributed by atoms with Gasteiger partial charge < -0.3 is 19.3 Å². The topological polar surface area (TPSA) is 76.2 Å². The lowest BCUT2D eigenvalue weighted by Gasteiger charge is -2.32. The highest BCUT2D eigenvalue weighted by molar-refractivity contribution is 5.89. The third kappa shape index (κ3) is 4.26. The van der Waals surface area contributed by atoms with Gasteiger partial charge in [-0.15, -0.1) is 0 Å². The van der Waals surface area contributed by atoms with Crippen LogP contribution in [0, 0.1) is 11.8 Å². The average Bonchev–Trinajstić information content (AvgIpc) is 2.96. The third-order valence-corrected chi connectivity index (χ3v) is 4.87. The number of likely N-dealkylation sites (tertiary alicyclic amines) is 2. The zero-order valence-corrected chi connectivity index (χ0v) is 14.8. The van der Waals surface area contributed by atoms with Crippen LogP contribution in [0.5, 0.6) is 0 Å². The van der Waals surface area contributed by atoms with E-state index in [1.165, 1.54) is 0 Å². The summed E-state index contributed by atoms with van der Waals surface area (Å²) in [5, 5.41) is 0. The van der Waals surface area contributed by atoms with Gasteiger partial charge in [0.05, 0.1) is 31.1 Å². The molecule has 0 aromatic heterocycles. The highest BCUT2D eigenvalue weighted by Crippen LogP contribution is 2.25. The van der Waals surface area contributed by atoms with Gasteiger partial charge in [-0.05, 0) is 26.7 Å². The van der Waals surface area contributed by atoms with Crippen molar-refractivity contribution < 1.29 is 23.9 Å². The molecule has 2 amide bonds. The molecule has 2 atom stereocenters. The SMILES string of the molecule is CCOC(=O)C1CCN(C(=O)[C@H]2CC(=O)N([C@H](C)COC)C2)CC1. The zero-order valence-electron chi connectivity index (χ0n) is 14.8. The van der Waals surface area contributed by atoms with Gasteiger partial charge in [-0.2, -0.15) is 0 Å². The van der Waals surface area contributed by atoms with E-state index >= 15 is 0 Å². The van der Waals surface area contributed by atoms with E-state index in [1.807, 2.05) is 6.92 Å². The van der Waals surface area contributed by atoms with Crippen molar-refractivity contribution in [3.63, 3.8) is 0 Å². The number of nitrogens with zero attached hydrogens (tertiary/aromatic N) is 2. The van der Waals surface area contributed by atoms with Gasteiger partial charge in [0.25, 0.3) is 0 Å². The average molecular weight is 340 g/mol. The molecule has 2 saturated heterocycles. The maximum absolute atomic E-state index is 12.7. The van der Waals surface area contributed by atoms with Crippen LogP contribution in [0.4, 0.5) is 0 Å². The molecule has 7 nitrogen and oxygen atoms in total. The van der Waals surface area contributed by atoms with Gasteiger partial charge in [0.15, 0.2) is 0 Å². The zero-order chi connectivity index (χ0) is 17.7. The number of carbonyl (C=O) groups is 3.